The maximum atomic E-state index is 5.57. The molecular formula is C4H11ClGe. The van der Waals surface area contributed by atoms with E-state index in [1.165, 1.54) is 18.1 Å². The number of hydrogen-bond acceptors (Lipinski definition) is 0. The van der Waals surface area contributed by atoms with E-state index in [1.807, 2.05) is 0 Å². The molecule has 0 aromatic carbocycles. The van der Waals surface area contributed by atoms with E-state index in [1.54, 1.807) is 0 Å². The number of halogens is 1. The Bertz CT molecular complexity index is 19.5. The van der Waals surface area contributed by atoms with Crippen LogP contribution in [0.15, 0.2) is 0 Å². The van der Waals surface area contributed by atoms with E-state index in [4.69, 9.17) is 10.0 Å². The van der Waals surface area contributed by atoms with Gasteiger partial charge in [-0.1, -0.05) is 0 Å². The van der Waals surface area contributed by atoms with Crippen LogP contribution in [0.25, 0.3) is 0 Å². The zero-order valence-corrected chi connectivity index (χ0v) is 7.93. The minimum atomic E-state index is -0.458. The minimum absolute atomic E-state index is 0.458. The molecule has 0 aliphatic carbocycles. The molecule has 0 N–H and O–H groups in total. The van der Waals surface area contributed by atoms with Gasteiger partial charge in [-0.3, -0.25) is 0 Å². The van der Waals surface area contributed by atoms with Gasteiger partial charge in [0.2, 0.25) is 0 Å². The van der Waals surface area contributed by atoms with E-state index >= 15 is 0 Å². The summed E-state index contributed by atoms with van der Waals surface area (Å²) in [7, 11) is 5.57. The van der Waals surface area contributed by atoms with Crippen LogP contribution in [-0.2, 0) is 0 Å². The van der Waals surface area contributed by atoms with Gasteiger partial charge in [-0.15, -0.1) is 0 Å². The van der Waals surface area contributed by atoms with Gasteiger partial charge < -0.3 is 0 Å². The molecule has 0 heterocycles. The fraction of sp³-hybridized carbons (Fsp3) is 1.00. The van der Waals surface area contributed by atoms with Crippen molar-refractivity contribution in [1.29, 1.82) is 0 Å². The van der Waals surface area contributed by atoms with E-state index in [9.17, 15) is 0 Å². The fourth-order valence-corrected chi connectivity index (χ4v) is 2.77. The molecule has 0 bridgehead atoms. The summed E-state index contributed by atoms with van der Waals surface area (Å²) in [6, 6.07) is 0. The predicted octanol–water partition coefficient (Wildman–Crippen LogP) is 1.53. The Morgan fingerprint density at radius 1 is 1.67 bits per heavy atom. The molecule has 0 aliphatic heterocycles. The molecular weight excluding hydrogens is 156 g/mol. The molecule has 0 spiro atoms. The van der Waals surface area contributed by atoms with Crippen molar-refractivity contribution in [3.05, 3.63) is 0 Å². The van der Waals surface area contributed by atoms with Gasteiger partial charge >= 0.3 is 49.5 Å². The zero-order valence-electron chi connectivity index (χ0n) is 4.21. The summed E-state index contributed by atoms with van der Waals surface area (Å²) >= 11 is -0.458. The second kappa shape index (κ2) is 5.83. The average Bonchev–Trinajstić information content (AvgIpc) is 1.61. The summed E-state index contributed by atoms with van der Waals surface area (Å²) in [6.45, 7) is 2.20. The molecule has 0 aromatic heterocycles. The van der Waals surface area contributed by atoms with Crippen LogP contribution in [0, 0.1) is 0 Å². The Morgan fingerprint density at radius 3 is 2.50 bits per heavy atom. The van der Waals surface area contributed by atoms with Crippen molar-refractivity contribution in [2.24, 2.45) is 0 Å². The molecule has 38 valence electrons. The predicted molar refractivity (Wildman–Crippen MR) is 34.1 cm³/mol. The van der Waals surface area contributed by atoms with Crippen molar-refractivity contribution in [2.45, 2.75) is 25.0 Å². The molecule has 0 nitrogen and oxygen atoms in total. The SMILES string of the molecule is CCC[CH2][GeH2][Cl]. The van der Waals surface area contributed by atoms with Crippen molar-refractivity contribution in [2.75, 3.05) is 0 Å². The van der Waals surface area contributed by atoms with Gasteiger partial charge in [-0.25, -0.2) is 0 Å². The van der Waals surface area contributed by atoms with Crippen LogP contribution in [0.1, 0.15) is 19.8 Å². The third-order valence-electron chi connectivity index (χ3n) is 0.737. The molecule has 6 heavy (non-hydrogen) atoms. The van der Waals surface area contributed by atoms with Gasteiger partial charge in [0.25, 0.3) is 0 Å². The number of rotatable bonds is 3. The molecule has 0 aromatic rings. The van der Waals surface area contributed by atoms with E-state index in [0.717, 1.165) is 0 Å². The van der Waals surface area contributed by atoms with Crippen LogP contribution in [-0.4, -0.2) is 14.5 Å². The summed E-state index contributed by atoms with van der Waals surface area (Å²) < 4.78 is 0. The third-order valence-corrected chi connectivity index (χ3v) is 3.74. The Morgan fingerprint density at radius 2 is 2.33 bits per heavy atom. The first-order valence-corrected chi connectivity index (χ1v) is 8.47. The molecule has 0 rings (SSSR count). The van der Waals surface area contributed by atoms with Gasteiger partial charge in [0.05, 0.1) is 0 Å². The number of unbranched alkanes of at least 4 members (excludes halogenated alkanes) is 1. The summed E-state index contributed by atoms with van der Waals surface area (Å²) in [4.78, 5) is 0. The summed E-state index contributed by atoms with van der Waals surface area (Å²) in [5.41, 5.74) is 0. The zero-order chi connectivity index (χ0) is 4.83. The summed E-state index contributed by atoms with van der Waals surface area (Å²) in [5.74, 6) is 0. The molecule has 0 unspecified atom stereocenters. The first-order chi connectivity index (χ1) is 2.91. The second-order valence-electron chi connectivity index (χ2n) is 1.40. The molecule has 0 fully saturated rings. The molecule has 0 saturated heterocycles. The molecule has 0 aliphatic rings. The van der Waals surface area contributed by atoms with E-state index in [2.05, 4.69) is 6.92 Å². The van der Waals surface area contributed by atoms with E-state index in [0.29, 0.717) is 0 Å². The van der Waals surface area contributed by atoms with Crippen LogP contribution in [0.3, 0.4) is 0 Å². The first-order valence-electron chi connectivity index (χ1n) is 2.47. The maximum absolute atomic E-state index is 5.57. The van der Waals surface area contributed by atoms with Crippen LogP contribution in [0.5, 0.6) is 0 Å². The summed E-state index contributed by atoms with van der Waals surface area (Å²) in [5, 5.41) is 1.37. The topological polar surface area (TPSA) is 0 Å². The second-order valence-corrected chi connectivity index (χ2v) is 5.64. The van der Waals surface area contributed by atoms with Crippen molar-refractivity contribution in [3.63, 3.8) is 0 Å². The number of hydrogen-bond donors (Lipinski definition) is 0. The Balaban J connectivity index is 2.34. The third kappa shape index (κ3) is 4.83. The molecule has 0 atom stereocenters. The van der Waals surface area contributed by atoms with Crippen LogP contribution < -0.4 is 0 Å². The van der Waals surface area contributed by atoms with Gasteiger partial charge in [-0.2, -0.15) is 0 Å². The quantitative estimate of drug-likeness (QED) is 0.441. The van der Waals surface area contributed by atoms with Crippen LogP contribution in [0.2, 0.25) is 5.25 Å². The van der Waals surface area contributed by atoms with Crippen LogP contribution >= 0.6 is 10.0 Å². The fourth-order valence-electron chi connectivity index (χ4n) is 0.344. The Labute approximate surface area is 49.9 Å². The average molecular weight is 167 g/mol. The molecule has 0 radical (unpaired) electrons. The van der Waals surface area contributed by atoms with Crippen molar-refractivity contribution in [3.8, 4) is 0 Å². The molecule has 0 saturated carbocycles. The van der Waals surface area contributed by atoms with E-state index in [-0.39, 0.29) is 0 Å². The van der Waals surface area contributed by atoms with E-state index < -0.39 is 14.5 Å². The first kappa shape index (κ1) is 6.83. The van der Waals surface area contributed by atoms with Gasteiger partial charge in [0.15, 0.2) is 0 Å². The molecule has 0 amide bonds. The van der Waals surface area contributed by atoms with Crippen molar-refractivity contribution >= 4 is 24.5 Å². The van der Waals surface area contributed by atoms with Crippen LogP contribution in [0.4, 0.5) is 0 Å². The monoisotopic (exact) mass is 168 g/mol. The van der Waals surface area contributed by atoms with Gasteiger partial charge in [-0.05, 0) is 0 Å². The Kier molecular flexibility index (Phi) is 6.64. The normalized spacial score (nSPS) is 11.0. The standard InChI is InChI=1S/C4H11ClGe/c1-2-3-4-6-5/h2-4,6H2,1H3. The Hall–Kier alpha value is 0.833. The van der Waals surface area contributed by atoms with Gasteiger partial charge in [0.1, 0.15) is 0 Å². The summed E-state index contributed by atoms with van der Waals surface area (Å²) in [6.07, 6.45) is 2.68. The van der Waals surface area contributed by atoms with Crippen molar-refractivity contribution in [1.82, 2.24) is 0 Å². The van der Waals surface area contributed by atoms with Crippen molar-refractivity contribution < 1.29 is 0 Å². The van der Waals surface area contributed by atoms with Gasteiger partial charge in [0, 0.05) is 0 Å². The molecule has 2 heteroatoms.